The number of nitrogens with one attached hydrogen (secondary N) is 1. The number of likely N-dealkylation sites (tertiary alicyclic amines) is 1. The Morgan fingerprint density at radius 2 is 2.29 bits per heavy atom. The molecule has 0 aromatic carbocycles. The summed E-state index contributed by atoms with van der Waals surface area (Å²) < 4.78 is 2.10. The molecule has 6 nitrogen and oxygen atoms in total. The van der Waals surface area contributed by atoms with Crippen LogP contribution in [0.25, 0.3) is 0 Å². The second kappa shape index (κ2) is 8.76. The van der Waals surface area contributed by atoms with Gasteiger partial charge in [0.25, 0.3) is 0 Å². The lowest BCUT2D eigenvalue weighted by Crippen LogP contribution is -2.43. The molecule has 0 spiro atoms. The molecule has 0 saturated carbocycles. The second-order valence-corrected chi connectivity index (χ2v) is 6.78. The van der Waals surface area contributed by atoms with Crippen molar-refractivity contribution in [2.75, 3.05) is 33.7 Å². The van der Waals surface area contributed by atoms with Gasteiger partial charge in [-0.3, -0.25) is 9.79 Å². The number of piperidine rings is 1. The zero-order valence-corrected chi connectivity index (χ0v) is 15.5. The molecule has 1 saturated heterocycles. The van der Waals surface area contributed by atoms with Crippen LogP contribution in [0.3, 0.4) is 0 Å². The average Bonchev–Trinajstić information content (AvgIpc) is 2.96. The number of carbonyl (C=O) groups excluding carboxylic acids is 1. The fraction of sp³-hybridized carbons (Fsp3) is 0.667. The van der Waals surface area contributed by atoms with Gasteiger partial charge in [0.1, 0.15) is 0 Å². The summed E-state index contributed by atoms with van der Waals surface area (Å²) in [6.07, 6.45) is 4.92. The standard InChI is InChI=1S/C18H31N5O/c1-15-7-5-12-23(13-15)17(24)9-10-20-18(19-2)22(4)14-16-8-6-11-21(16)3/h6,8,11,15H,5,7,9-10,12-14H2,1-4H3,(H,19,20). The highest BCUT2D eigenvalue weighted by Crippen LogP contribution is 2.15. The zero-order valence-electron chi connectivity index (χ0n) is 15.5. The van der Waals surface area contributed by atoms with E-state index in [0.717, 1.165) is 32.0 Å². The Morgan fingerprint density at radius 1 is 1.50 bits per heavy atom. The summed E-state index contributed by atoms with van der Waals surface area (Å²) in [5.41, 5.74) is 1.22. The van der Waals surface area contributed by atoms with Gasteiger partial charge in [0, 0.05) is 59.1 Å². The first-order valence-corrected chi connectivity index (χ1v) is 8.81. The highest BCUT2D eigenvalue weighted by molar-refractivity contribution is 5.81. The quantitative estimate of drug-likeness (QED) is 0.659. The van der Waals surface area contributed by atoms with Crippen LogP contribution in [0.2, 0.25) is 0 Å². The van der Waals surface area contributed by atoms with Gasteiger partial charge in [-0.05, 0) is 30.9 Å². The summed E-state index contributed by atoms with van der Waals surface area (Å²) in [5, 5.41) is 3.30. The molecule has 6 heteroatoms. The van der Waals surface area contributed by atoms with Crippen molar-refractivity contribution in [3.05, 3.63) is 24.0 Å². The smallest absolute Gasteiger partial charge is 0.224 e. The van der Waals surface area contributed by atoms with Crippen LogP contribution in [0.4, 0.5) is 0 Å². The Morgan fingerprint density at radius 3 is 2.92 bits per heavy atom. The van der Waals surface area contributed by atoms with Crippen molar-refractivity contribution < 1.29 is 4.79 Å². The minimum absolute atomic E-state index is 0.245. The molecule has 1 aromatic rings. The third kappa shape index (κ3) is 5.01. The third-order valence-electron chi connectivity index (χ3n) is 4.66. The minimum Gasteiger partial charge on any atom is -0.356 e. The van der Waals surface area contributed by atoms with E-state index in [9.17, 15) is 4.79 Å². The lowest BCUT2D eigenvalue weighted by Gasteiger charge is -2.31. The molecule has 1 atom stereocenters. The van der Waals surface area contributed by atoms with Gasteiger partial charge >= 0.3 is 0 Å². The fourth-order valence-corrected chi connectivity index (χ4v) is 3.22. The molecule has 1 aliphatic heterocycles. The van der Waals surface area contributed by atoms with Gasteiger partial charge in [0.2, 0.25) is 5.91 Å². The molecule has 1 aliphatic rings. The van der Waals surface area contributed by atoms with Crippen molar-refractivity contribution in [3.8, 4) is 0 Å². The number of carbonyl (C=O) groups is 1. The first-order valence-electron chi connectivity index (χ1n) is 8.81. The number of rotatable bonds is 5. The fourth-order valence-electron chi connectivity index (χ4n) is 3.22. The highest BCUT2D eigenvalue weighted by Gasteiger charge is 2.20. The van der Waals surface area contributed by atoms with E-state index in [2.05, 4.69) is 32.8 Å². The molecular weight excluding hydrogens is 302 g/mol. The largest absolute Gasteiger partial charge is 0.356 e. The third-order valence-corrected chi connectivity index (χ3v) is 4.66. The molecule has 134 valence electrons. The monoisotopic (exact) mass is 333 g/mol. The van der Waals surface area contributed by atoms with Crippen molar-refractivity contribution in [2.24, 2.45) is 18.0 Å². The Kier molecular flexibility index (Phi) is 6.70. The maximum atomic E-state index is 12.3. The summed E-state index contributed by atoms with van der Waals surface area (Å²) in [4.78, 5) is 20.7. The Labute approximate surface area is 145 Å². The van der Waals surface area contributed by atoms with Crippen LogP contribution in [-0.4, -0.2) is 60.0 Å². The maximum absolute atomic E-state index is 12.3. The van der Waals surface area contributed by atoms with Crippen molar-refractivity contribution in [1.29, 1.82) is 0 Å². The Hall–Kier alpha value is -1.98. The number of amides is 1. The number of aromatic nitrogens is 1. The molecular formula is C18H31N5O. The summed E-state index contributed by atoms with van der Waals surface area (Å²) >= 11 is 0. The summed E-state index contributed by atoms with van der Waals surface area (Å²) in [6, 6.07) is 4.14. The number of hydrogen-bond acceptors (Lipinski definition) is 2. The molecule has 1 fully saturated rings. The number of aryl methyl sites for hydroxylation is 1. The van der Waals surface area contributed by atoms with Crippen molar-refractivity contribution in [3.63, 3.8) is 0 Å². The summed E-state index contributed by atoms with van der Waals surface area (Å²) in [7, 11) is 5.83. The van der Waals surface area contributed by atoms with Crippen LogP contribution in [0.5, 0.6) is 0 Å². The van der Waals surface area contributed by atoms with E-state index in [1.807, 2.05) is 31.3 Å². The van der Waals surface area contributed by atoms with Crippen molar-refractivity contribution >= 4 is 11.9 Å². The lowest BCUT2D eigenvalue weighted by atomic mass is 10.00. The predicted octanol–water partition coefficient (Wildman–Crippen LogP) is 1.68. The van der Waals surface area contributed by atoms with Crippen molar-refractivity contribution in [2.45, 2.75) is 32.7 Å². The second-order valence-electron chi connectivity index (χ2n) is 6.78. The van der Waals surface area contributed by atoms with Gasteiger partial charge in [0.05, 0.1) is 6.54 Å². The Balaban J connectivity index is 1.77. The Bertz CT molecular complexity index is 566. The molecule has 0 bridgehead atoms. The van der Waals surface area contributed by atoms with Crippen LogP contribution in [0.15, 0.2) is 23.3 Å². The van der Waals surface area contributed by atoms with Crippen LogP contribution in [0.1, 0.15) is 31.9 Å². The van der Waals surface area contributed by atoms with E-state index < -0.39 is 0 Å². The molecule has 24 heavy (non-hydrogen) atoms. The first-order chi connectivity index (χ1) is 11.5. The summed E-state index contributed by atoms with van der Waals surface area (Å²) in [6.45, 7) is 5.43. The number of guanidine groups is 1. The molecule has 1 N–H and O–H groups in total. The molecule has 1 unspecified atom stereocenters. The van der Waals surface area contributed by atoms with E-state index in [0.29, 0.717) is 18.9 Å². The molecule has 0 aliphatic carbocycles. The first kappa shape index (κ1) is 18.4. The molecule has 2 rings (SSSR count). The normalized spacial score (nSPS) is 18.6. The number of hydrogen-bond donors (Lipinski definition) is 1. The lowest BCUT2D eigenvalue weighted by molar-refractivity contribution is -0.132. The number of aliphatic imine (C=N–C) groups is 1. The van der Waals surface area contributed by atoms with E-state index in [1.54, 1.807) is 7.05 Å². The maximum Gasteiger partial charge on any atom is 0.224 e. The van der Waals surface area contributed by atoms with Crippen LogP contribution in [-0.2, 0) is 18.4 Å². The van der Waals surface area contributed by atoms with Gasteiger partial charge < -0.3 is 19.7 Å². The van der Waals surface area contributed by atoms with Gasteiger partial charge in [-0.25, -0.2) is 0 Å². The van der Waals surface area contributed by atoms with Gasteiger partial charge in [-0.15, -0.1) is 0 Å². The topological polar surface area (TPSA) is 52.9 Å². The molecule has 0 radical (unpaired) electrons. The molecule has 2 heterocycles. The highest BCUT2D eigenvalue weighted by atomic mass is 16.2. The zero-order chi connectivity index (χ0) is 17.5. The average molecular weight is 333 g/mol. The van der Waals surface area contributed by atoms with Crippen LogP contribution < -0.4 is 5.32 Å². The van der Waals surface area contributed by atoms with Gasteiger partial charge in [-0.2, -0.15) is 0 Å². The van der Waals surface area contributed by atoms with Gasteiger partial charge in [0.15, 0.2) is 5.96 Å². The van der Waals surface area contributed by atoms with E-state index >= 15 is 0 Å². The number of nitrogens with zero attached hydrogens (tertiary/aromatic N) is 4. The minimum atomic E-state index is 0.245. The van der Waals surface area contributed by atoms with E-state index in [4.69, 9.17) is 0 Å². The van der Waals surface area contributed by atoms with Crippen LogP contribution in [0, 0.1) is 5.92 Å². The van der Waals surface area contributed by atoms with E-state index in [1.165, 1.54) is 12.1 Å². The molecule has 1 aromatic heterocycles. The molecule has 1 amide bonds. The van der Waals surface area contributed by atoms with Crippen molar-refractivity contribution in [1.82, 2.24) is 19.7 Å². The van der Waals surface area contributed by atoms with Crippen LogP contribution >= 0.6 is 0 Å². The van der Waals surface area contributed by atoms with E-state index in [-0.39, 0.29) is 5.91 Å². The SMILES string of the molecule is CN=C(NCCC(=O)N1CCCC(C)C1)N(C)Cc1cccn1C. The summed E-state index contributed by atoms with van der Waals surface area (Å²) in [5.74, 6) is 1.69. The van der Waals surface area contributed by atoms with Gasteiger partial charge in [-0.1, -0.05) is 6.92 Å². The predicted molar refractivity (Wildman–Crippen MR) is 97.8 cm³/mol.